The van der Waals surface area contributed by atoms with E-state index in [2.05, 4.69) is 51.6 Å². The molecule has 1 aromatic heterocycles. The van der Waals surface area contributed by atoms with Gasteiger partial charge in [-0.1, -0.05) is 48.5 Å². The van der Waals surface area contributed by atoms with Crippen molar-refractivity contribution in [1.82, 2.24) is 15.2 Å². The van der Waals surface area contributed by atoms with E-state index in [1.807, 2.05) is 24.3 Å². The number of fused-ring (bicyclic) bond motifs is 1. The molecule has 0 radical (unpaired) electrons. The number of nitrogens with one attached hydrogen (secondary N) is 1. The van der Waals surface area contributed by atoms with Gasteiger partial charge in [0.05, 0.1) is 21.8 Å². The van der Waals surface area contributed by atoms with Crippen LogP contribution in [0.25, 0.3) is 15.8 Å². The molecule has 1 amide bonds. The Kier molecular flexibility index (Phi) is 5.61. The zero-order valence-corrected chi connectivity index (χ0v) is 16.0. The van der Waals surface area contributed by atoms with Gasteiger partial charge in [0.25, 0.3) is 0 Å². The fourth-order valence-electron chi connectivity index (χ4n) is 3.36. The second kappa shape index (κ2) is 8.46. The number of amides is 1. The minimum atomic E-state index is 0.0904. The Bertz CT molecular complexity index is 915. The van der Waals surface area contributed by atoms with E-state index < -0.39 is 0 Å². The Balaban J connectivity index is 1.22. The topological polar surface area (TPSA) is 45.2 Å². The molecule has 0 bridgehead atoms. The van der Waals surface area contributed by atoms with Crippen molar-refractivity contribution in [2.45, 2.75) is 12.8 Å². The molecule has 0 saturated carbocycles. The maximum Gasteiger partial charge on any atom is 0.234 e. The van der Waals surface area contributed by atoms with Gasteiger partial charge in [-0.3, -0.25) is 9.69 Å². The van der Waals surface area contributed by atoms with Gasteiger partial charge in [0.1, 0.15) is 0 Å². The second-order valence-electron chi connectivity index (χ2n) is 6.76. The third-order valence-corrected chi connectivity index (χ3v) is 5.90. The predicted octanol–water partition coefficient (Wildman–Crippen LogP) is 3.74. The zero-order valence-electron chi connectivity index (χ0n) is 15.2. The first-order valence-corrected chi connectivity index (χ1v) is 10.2. The molecule has 3 aromatic rings. The number of hydrogen-bond donors (Lipinski definition) is 1. The molecule has 4 nitrogen and oxygen atoms in total. The summed E-state index contributed by atoms with van der Waals surface area (Å²) >= 11 is 1.70. The predicted molar refractivity (Wildman–Crippen MR) is 112 cm³/mol. The van der Waals surface area contributed by atoms with Crippen molar-refractivity contribution >= 4 is 33.0 Å². The summed E-state index contributed by atoms with van der Waals surface area (Å²) in [5.41, 5.74) is 3.71. The Hall–Kier alpha value is -2.50. The van der Waals surface area contributed by atoms with Crippen LogP contribution in [-0.4, -0.2) is 42.0 Å². The number of nitrogens with zero attached hydrogens (tertiary/aromatic N) is 2. The second-order valence-corrected chi connectivity index (χ2v) is 7.87. The van der Waals surface area contributed by atoms with Crippen LogP contribution in [0.15, 0.2) is 60.7 Å². The molecule has 5 heteroatoms. The van der Waals surface area contributed by atoms with Crippen LogP contribution in [0, 0.1) is 0 Å². The minimum absolute atomic E-state index is 0.0904. The summed E-state index contributed by atoms with van der Waals surface area (Å²) in [6.07, 6.45) is 4.01. The van der Waals surface area contributed by atoms with Crippen LogP contribution >= 0.6 is 11.3 Å². The molecule has 27 heavy (non-hydrogen) atoms. The summed E-state index contributed by atoms with van der Waals surface area (Å²) in [5, 5.41) is 4.11. The Labute approximate surface area is 163 Å². The van der Waals surface area contributed by atoms with E-state index in [0.29, 0.717) is 13.1 Å². The molecule has 0 unspecified atom stereocenters. The monoisotopic (exact) mass is 377 g/mol. The first-order valence-electron chi connectivity index (χ1n) is 9.36. The van der Waals surface area contributed by atoms with E-state index in [4.69, 9.17) is 0 Å². The number of benzene rings is 2. The third-order valence-electron chi connectivity index (χ3n) is 4.80. The molecule has 1 N–H and O–H groups in total. The third kappa shape index (κ3) is 4.62. The summed E-state index contributed by atoms with van der Waals surface area (Å²) in [5.74, 6) is 0.0904. The van der Waals surface area contributed by atoms with Crippen molar-refractivity contribution in [1.29, 1.82) is 0 Å². The average molecular weight is 378 g/mol. The average Bonchev–Trinajstić information content (AvgIpc) is 3.12. The molecule has 0 atom stereocenters. The van der Waals surface area contributed by atoms with E-state index in [1.165, 1.54) is 15.8 Å². The molecule has 2 heterocycles. The Morgan fingerprint density at radius 3 is 2.70 bits per heavy atom. The van der Waals surface area contributed by atoms with Crippen LogP contribution in [0.1, 0.15) is 17.0 Å². The first-order chi connectivity index (χ1) is 13.3. The van der Waals surface area contributed by atoms with Gasteiger partial charge in [-0.15, -0.1) is 11.3 Å². The standard InChI is InChI=1S/C22H23N3OS/c26-21(23-13-10-22-24-19-8-4-5-9-20(19)27-22)16-25-14-11-18(12-15-25)17-6-2-1-3-7-17/h1-9,11H,10,12-16H2,(H,23,26). The smallest absolute Gasteiger partial charge is 0.234 e. The van der Waals surface area contributed by atoms with Crippen LogP contribution < -0.4 is 5.32 Å². The van der Waals surface area contributed by atoms with Gasteiger partial charge in [0, 0.05) is 26.1 Å². The number of rotatable bonds is 6. The number of hydrogen-bond acceptors (Lipinski definition) is 4. The largest absolute Gasteiger partial charge is 0.355 e. The Morgan fingerprint density at radius 2 is 1.93 bits per heavy atom. The molecule has 138 valence electrons. The lowest BCUT2D eigenvalue weighted by atomic mass is 10.00. The lowest BCUT2D eigenvalue weighted by Crippen LogP contribution is -2.39. The summed E-state index contributed by atoms with van der Waals surface area (Å²) in [6, 6.07) is 18.6. The SMILES string of the molecule is O=C(CN1CC=C(c2ccccc2)CC1)NCCc1nc2ccccc2s1. The Morgan fingerprint density at radius 1 is 1.11 bits per heavy atom. The van der Waals surface area contributed by atoms with Gasteiger partial charge in [-0.2, -0.15) is 0 Å². The number of aromatic nitrogens is 1. The molecular formula is C22H23N3OS. The van der Waals surface area contributed by atoms with E-state index in [1.54, 1.807) is 11.3 Å². The fourth-order valence-corrected chi connectivity index (χ4v) is 4.33. The van der Waals surface area contributed by atoms with Crippen molar-refractivity contribution < 1.29 is 4.79 Å². The maximum absolute atomic E-state index is 12.2. The van der Waals surface area contributed by atoms with Crippen LogP contribution in [0.2, 0.25) is 0 Å². The molecule has 1 aliphatic rings. The van der Waals surface area contributed by atoms with E-state index in [0.717, 1.165) is 36.5 Å². The number of carbonyl (C=O) groups is 1. The van der Waals surface area contributed by atoms with Crippen molar-refractivity contribution in [3.8, 4) is 0 Å². The molecule has 1 aliphatic heterocycles. The minimum Gasteiger partial charge on any atom is -0.355 e. The number of para-hydroxylation sites is 1. The lowest BCUT2D eigenvalue weighted by molar-refractivity contribution is -0.122. The van der Waals surface area contributed by atoms with Crippen LogP contribution in [0.3, 0.4) is 0 Å². The highest BCUT2D eigenvalue weighted by molar-refractivity contribution is 7.18. The van der Waals surface area contributed by atoms with Gasteiger partial charge >= 0.3 is 0 Å². The number of carbonyl (C=O) groups excluding carboxylic acids is 1. The van der Waals surface area contributed by atoms with Crippen molar-refractivity contribution in [2.24, 2.45) is 0 Å². The molecular weight excluding hydrogens is 354 g/mol. The highest BCUT2D eigenvalue weighted by atomic mass is 32.1. The molecule has 0 saturated heterocycles. The van der Waals surface area contributed by atoms with Crippen LogP contribution in [0.5, 0.6) is 0 Å². The number of thiazole rings is 1. The normalized spacial score (nSPS) is 14.9. The summed E-state index contributed by atoms with van der Waals surface area (Å²) < 4.78 is 1.20. The van der Waals surface area contributed by atoms with Gasteiger partial charge < -0.3 is 5.32 Å². The quantitative estimate of drug-likeness (QED) is 0.712. The van der Waals surface area contributed by atoms with Gasteiger partial charge in [0.2, 0.25) is 5.91 Å². The van der Waals surface area contributed by atoms with Crippen molar-refractivity contribution in [3.05, 3.63) is 71.2 Å². The molecule has 2 aromatic carbocycles. The molecule has 0 spiro atoms. The van der Waals surface area contributed by atoms with Gasteiger partial charge in [-0.25, -0.2) is 4.98 Å². The van der Waals surface area contributed by atoms with Crippen LogP contribution in [-0.2, 0) is 11.2 Å². The molecule has 0 aliphatic carbocycles. The van der Waals surface area contributed by atoms with Crippen molar-refractivity contribution in [3.63, 3.8) is 0 Å². The summed E-state index contributed by atoms with van der Waals surface area (Å²) in [7, 11) is 0. The van der Waals surface area contributed by atoms with Gasteiger partial charge in [-0.05, 0) is 29.7 Å². The molecule has 0 fully saturated rings. The highest BCUT2D eigenvalue weighted by Gasteiger charge is 2.15. The van der Waals surface area contributed by atoms with Gasteiger partial charge in [0.15, 0.2) is 0 Å². The molecule has 4 rings (SSSR count). The summed E-state index contributed by atoms with van der Waals surface area (Å²) in [6.45, 7) is 2.84. The van der Waals surface area contributed by atoms with E-state index in [9.17, 15) is 4.79 Å². The fraction of sp³-hybridized carbons (Fsp3) is 0.273. The maximum atomic E-state index is 12.2. The van der Waals surface area contributed by atoms with Crippen molar-refractivity contribution in [2.75, 3.05) is 26.2 Å². The first kappa shape index (κ1) is 17.9. The summed E-state index contributed by atoms with van der Waals surface area (Å²) in [4.78, 5) is 19.0. The highest BCUT2D eigenvalue weighted by Crippen LogP contribution is 2.22. The van der Waals surface area contributed by atoms with E-state index in [-0.39, 0.29) is 5.91 Å². The zero-order chi connectivity index (χ0) is 18.5. The van der Waals surface area contributed by atoms with E-state index >= 15 is 0 Å². The lowest BCUT2D eigenvalue weighted by Gasteiger charge is -2.25. The van der Waals surface area contributed by atoms with Crippen LogP contribution in [0.4, 0.5) is 0 Å².